The van der Waals surface area contributed by atoms with Crippen molar-refractivity contribution >= 4 is 28.5 Å². The van der Waals surface area contributed by atoms with Gasteiger partial charge in [-0.05, 0) is 60.8 Å². The summed E-state index contributed by atoms with van der Waals surface area (Å²) < 4.78 is 1.25. The molecule has 0 aliphatic rings. The molecule has 1 aromatic carbocycles. The Bertz CT molecular complexity index is 377. The third-order valence-electron chi connectivity index (χ3n) is 2.17. The maximum atomic E-state index is 11.4. The molecule has 1 N–H and O–H groups in total. The van der Waals surface area contributed by atoms with Crippen molar-refractivity contribution in [3.8, 4) is 0 Å². The van der Waals surface area contributed by atoms with E-state index in [1.54, 1.807) is 0 Å². The number of amides is 1. The second-order valence-corrected chi connectivity index (χ2v) is 5.26. The third kappa shape index (κ3) is 4.49. The lowest BCUT2D eigenvalue weighted by molar-refractivity contribution is -0.121. The van der Waals surface area contributed by atoms with E-state index in [0.29, 0.717) is 13.1 Å². The number of rotatable bonds is 4. The first-order chi connectivity index (χ1) is 7.49. The molecule has 3 nitrogen and oxygen atoms in total. The molecule has 0 saturated carbocycles. The Labute approximate surface area is 110 Å². The monoisotopic (exact) mass is 332 g/mol. The first-order valence-electron chi connectivity index (χ1n) is 5.15. The number of nitrogens with one attached hydrogen (secondary N) is 1. The van der Waals surface area contributed by atoms with Crippen molar-refractivity contribution in [2.24, 2.45) is 0 Å². The van der Waals surface area contributed by atoms with Crippen molar-refractivity contribution in [3.05, 3.63) is 32.9 Å². The Kier molecular flexibility index (Phi) is 5.21. The highest BCUT2D eigenvalue weighted by Crippen LogP contribution is 2.12. The minimum absolute atomic E-state index is 0.0567. The van der Waals surface area contributed by atoms with E-state index in [0.717, 1.165) is 5.56 Å². The van der Waals surface area contributed by atoms with Crippen LogP contribution in [0.3, 0.4) is 0 Å². The van der Waals surface area contributed by atoms with E-state index in [2.05, 4.69) is 47.0 Å². The minimum atomic E-state index is 0.0567. The predicted octanol–water partition coefficient (Wildman–Crippen LogP) is 1.78. The van der Waals surface area contributed by atoms with Gasteiger partial charge in [-0.15, -0.1) is 0 Å². The Morgan fingerprint density at radius 1 is 1.44 bits per heavy atom. The van der Waals surface area contributed by atoms with E-state index < -0.39 is 0 Å². The Balaban J connectivity index is 2.48. The summed E-state index contributed by atoms with van der Waals surface area (Å²) in [6.45, 7) is 3.11. The molecule has 88 valence electrons. The lowest BCUT2D eigenvalue weighted by atomic mass is 10.1. The largest absolute Gasteiger partial charge is 0.351 e. The summed E-state index contributed by atoms with van der Waals surface area (Å²) in [5.74, 6) is 0.0567. The van der Waals surface area contributed by atoms with Crippen LogP contribution in [0.15, 0.2) is 18.2 Å². The van der Waals surface area contributed by atoms with Crippen LogP contribution in [0.5, 0.6) is 0 Å². The standard InChI is InChI=1S/C12H17IN2O/c1-9-6-10(4-5-11(9)13)7-14-12(16)8-15(2)3/h4-6H,7-8H2,1-3H3,(H,14,16). The molecule has 0 heterocycles. The van der Waals surface area contributed by atoms with Crippen LogP contribution in [-0.4, -0.2) is 31.4 Å². The first-order valence-corrected chi connectivity index (χ1v) is 6.23. The molecule has 0 saturated heterocycles. The van der Waals surface area contributed by atoms with Gasteiger partial charge in [0.1, 0.15) is 0 Å². The lowest BCUT2D eigenvalue weighted by Crippen LogP contribution is -2.32. The molecule has 1 aromatic rings. The molecule has 0 spiro atoms. The average Bonchev–Trinajstić information content (AvgIpc) is 2.19. The zero-order valence-corrected chi connectivity index (χ0v) is 12.0. The number of aryl methyl sites for hydroxylation is 1. The number of hydrogen-bond donors (Lipinski definition) is 1. The van der Waals surface area contributed by atoms with Crippen LogP contribution in [0.4, 0.5) is 0 Å². The van der Waals surface area contributed by atoms with Gasteiger partial charge in [0.25, 0.3) is 0 Å². The smallest absolute Gasteiger partial charge is 0.234 e. The van der Waals surface area contributed by atoms with Gasteiger partial charge in [-0.2, -0.15) is 0 Å². The van der Waals surface area contributed by atoms with Crippen LogP contribution in [0.2, 0.25) is 0 Å². The molecule has 0 unspecified atom stereocenters. The molecule has 0 bridgehead atoms. The number of benzene rings is 1. The van der Waals surface area contributed by atoms with Crippen molar-refractivity contribution in [3.63, 3.8) is 0 Å². The number of carbonyl (C=O) groups is 1. The highest BCUT2D eigenvalue weighted by molar-refractivity contribution is 14.1. The highest BCUT2D eigenvalue weighted by Gasteiger charge is 2.03. The van der Waals surface area contributed by atoms with Crippen molar-refractivity contribution in [2.45, 2.75) is 13.5 Å². The Morgan fingerprint density at radius 3 is 2.69 bits per heavy atom. The SMILES string of the molecule is Cc1cc(CNC(=O)CN(C)C)ccc1I. The van der Waals surface area contributed by atoms with Crippen molar-refractivity contribution in [1.82, 2.24) is 10.2 Å². The van der Waals surface area contributed by atoms with E-state index in [4.69, 9.17) is 0 Å². The second-order valence-electron chi connectivity index (χ2n) is 4.10. The third-order valence-corrected chi connectivity index (χ3v) is 3.38. The molecular formula is C12H17IN2O. The van der Waals surface area contributed by atoms with Gasteiger partial charge in [-0.1, -0.05) is 12.1 Å². The second kappa shape index (κ2) is 6.20. The van der Waals surface area contributed by atoms with Crippen LogP contribution in [0.25, 0.3) is 0 Å². The van der Waals surface area contributed by atoms with Crippen molar-refractivity contribution in [2.75, 3.05) is 20.6 Å². The fraction of sp³-hybridized carbons (Fsp3) is 0.417. The van der Waals surface area contributed by atoms with Crippen LogP contribution in [0.1, 0.15) is 11.1 Å². The molecule has 0 aliphatic carbocycles. The molecular weight excluding hydrogens is 315 g/mol. The minimum Gasteiger partial charge on any atom is -0.351 e. The summed E-state index contributed by atoms with van der Waals surface area (Å²) in [5.41, 5.74) is 2.39. The summed E-state index contributed by atoms with van der Waals surface area (Å²) in [6.07, 6.45) is 0. The van der Waals surface area contributed by atoms with Crippen LogP contribution < -0.4 is 5.32 Å². The van der Waals surface area contributed by atoms with Gasteiger partial charge in [0.15, 0.2) is 0 Å². The predicted molar refractivity (Wildman–Crippen MR) is 74.3 cm³/mol. The fourth-order valence-electron chi connectivity index (χ4n) is 1.36. The van der Waals surface area contributed by atoms with Gasteiger partial charge in [-0.25, -0.2) is 0 Å². The number of halogens is 1. The summed E-state index contributed by atoms with van der Waals surface area (Å²) in [4.78, 5) is 13.3. The van der Waals surface area contributed by atoms with Crippen LogP contribution >= 0.6 is 22.6 Å². The first kappa shape index (κ1) is 13.4. The number of nitrogens with zero attached hydrogens (tertiary/aromatic N) is 1. The molecule has 0 aromatic heterocycles. The van der Waals surface area contributed by atoms with Gasteiger partial charge in [0, 0.05) is 10.1 Å². The zero-order valence-electron chi connectivity index (χ0n) is 9.88. The topological polar surface area (TPSA) is 32.3 Å². The molecule has 4 heteroatoms. The molecule has 0 atom stereocenters. The fourth-order valence-corrected chi connectivity index (χ4v) is 1.70. The van der Waals surface area contributed by atoms with Gasteiger partial charge in [-0.3, -0.25) is 4.79 Å². The van der Waals surface area contributed by atoms with E-state index in [-0.39, 0.29) is 5.91 Å². The highest BCUT2D eigenvalue weighted by atomic mass is 127. The molecule has 1 rings (SSSR count). The molecule has 1 amide bonds. The van der Waals surface area contributed by atoms with Crippen LogP contribution in [0, 0.1) is 10.5 Å². The van der Waals surface area contributed by atoms with Gasteiger partial charge < -0.3 is 10.2 Å². The number of likely N-dealkylation sites (N-methyl/N-ethyl adjacent to an activating group) is 1. The van der Waals surface area contributed by atoms with Gasteiger partial charge in [0.2, 0.25) is 5.91 Å². The van der Waals surface area contributed by atoms with Crippen molar-refractivity contribution < 1.29 is 4.79 Å². The zero-order chi connectivity index (χ0) is 12.1. The van der Waals surface area contributed by atoms with E-state index in [9.17, 15) is 4.79 Å². The Hall–Kier alpha value is -0.620. The average molecular weight is 332 g/mol. The normalized spacial score (nSPS) is 10.6. The van der Waals surface area contributed by atoms with Gasteiger partial charge in [0.05, 0.1) is 6.54 Å². The van der Waals surface area contributed by atoms with Crippen molar-refractivity contribution in [1.29, 1.82) is 0 Å². The van der Waals surface area contributed by atoms with E-state index in [1.165, 1.54) is 9.13 Å². The van der Waals surface area contributed by atoms with Gasteiger partial charge >= 0.3 is 0 Å². The molecule has 0 aliphatic heterocycles. The van der Waals surface area contributed by atoms with Crippen LogP contribution in [-0.2, 0) is 11.3 Å². The van der Waals surface area contributed by atoms with E-state index in [1.807, 2.05) is 25.1 Å². The van der Waals surface area contributed by atoms with E-state index >= 15 is 0 Å². The Morgan fingerprint density at radius 2 is 2.12 bits per heavy atom. The summed E-state index contributed by atoms with van der Waals surface area (Å²) in [5, 5.41) is 2.89. The molecule has 0 radical (unpaired) electrons. The number of hydrogen-bond acceptors (Lipinski definition) is 2. The summed E-state index contributed by atoms with van der Waals surface area (Å²) in [7, 11) is 3.77. The molecule has 0 fully saturated rings. The summed E-state index contributed by atoms with van der Waals surface area (Å²) >= 11 is 2.30. The lowest BCUT2D eigenvalue weighted by Gasteiger charge is -2.10. The summed E-state index contributed by atoms with van der Waals surface area (Å²) in [6, 6.07) is 6.23. The quantitative estimate of drug-likeness (QED) is 0.853. The number of carbonyl (C=O) groups excluding carboxylic acids is 1. The maximum Gasteiger partial charge on any atom is 0.234 e. The maximum absolute atomic E-state index is 11.4. The molecule has 16 heavy (non-hydrogen) atoms.